The number of ether oxygens (including phenoxy) is 1. The van der Waals surface area contributed by atoms with Gasteiger partial charge in [-0.1, -0.05) is 49.2 Å². The van der Waals surface area contributed by atoms with Crippen molar-refractivity contribution >= 4 is 33.7 Å². The Kier molecular flexibility index (Phi) is 7.18. The lowest BCUT2D eigenvalue weighted by Crippen LogP contribution is -2.60. The average molecular weight is 501 g/mol. The number of amides is 2. The van der Waals surface area contributed by atoms with E-state index in [0.717, 1.165) is 12.8 Å². The number of likely N-dealkylation sites (tertiary alicyclic amines) is 1. The minimum absolute atomic E-state index is 0.122. The molecule has 31 heavy (non-hydrogen) atoms. The molecule has 0 aromatic rings. The first-order valence-corrected chi connectivity index (χ1v) is 11.9. The number of rotatable bonds is 10. The zero-order valence-electron chi connectivity index (χ0n) is 18.4. The molecule has 174 valence electrons. The third-order valence-corrected chi connectivity index (χ3v) is 7.85. The van der Waals surface area contributed by atoms with E-state index in [1.54, 1.807) is 11.0 Å². The van der Waals surface area contributed by atoms with Crippen LogP contribution in [0.1, 0.15) is 40.0 Å². The molecule has 9 heteroatoms. The van der Waals surface area contributed by atoms with Crippen molar-refractivity contribution in [3.05, 3.63) is 12.7 Å². The highest BCUT2D eigenvalue weighted by molar-refractivity contribution is 9.09. The van der Waals surface area contributed by atoms with E-state index in [1.165, 1.54) is 4.90 Å². The average Bonchev–Trinajstić information content (AvgIpc) is 3.29. The highest BCUT2D eigenvalue weighted by atomic mass is 79.9. The van der Waals surface area contributed by atoms with Crippen molar-refractivity contribution < 1.29 is 29.3 Å². The Hall–Kier alpha value is -1.45. The molecule has 2 bridgehead atoms. The van der Waals surface area contributed by atoms with E-state index in [-0.39, 0.29) is 23.3 Å². The van der Waals surface area contributed by atoms with Crippen LogP contribution in [0.2, 0.25) is 0 Å². The first-order valence-electron chi connectivity index (χ1n) is 11.0. The largest absolute Gasteiger partial charge is 0.481 e. The Morgan fingerprint density at radius 3 is 2.65 bits per heavy atom. The van der Waals surface area contributed by atoms with Crippen LogP contribution in [0.4, 0.5) is 0 Å². The zero-order valence-corrected chi connectivity index (χ0v) is 20.0. The summed E-state index contributed by atoms with van der Waals surface area (Å²) in [6.07, 6.45) is 3.05. The summed E-state index contributed by atoms with van der Waals surface area (Å²) in [7, 11) is 0. The van der Waals surface area contributed by atoms with Crippen molar-refractivity contribution in [1.82, 2.24) is 9.80 Å². The minimum Gasteiger partial charge on any atom is -0.481 e. The lowest BCUT2D eigenvalue weighted by atomic mass is 9.70. The van der Waals surface area contributed by atoms with Crippen molar-refractivity contribution in [2.45, 2.75) is 68.6 Å². The van der Waals surface area contributed by atoms with Gasteiger partial charge < -0.3 is 24.7 Å². The van der Waals surface area contributed by atoms with Crippen LogP contribution in [-0.4, -0.2) is 86.1 Å². The van der Waals surface area contributed by atoms with Gasteiger partial charge in [0.2, 0.25) is 11.8 Å². The lowest BCUT2D eigenvalue weighted by Gasteiger charge is -2.40. The number of aliphatic carboxylic acids is 1. The topological polar surface area (TPSA) is 107 Å². The fraction of sp³-hybridized carbons (Fsp3) is 0.773. The van der Waals surface area contributed by atoms with Gasteiger partial charge in [0.25, 0.3) is 0 Å². The molecular formula is C22H33BrN2O6. The maximum Gasteiger partial charge on any atom is 0.310 e. The van der Waals surface area contributed by atoms with Crippen LogP contribution in [0.15, 0.2) is 12.7 Å². The first-order chi connectivity index (χ1) is 14.7. The van der Waals surface area contributed by atoms with Crippen molar-refractivity contribution in [1.29, 1.82) is 0 Å². The summed E-state index contributed by atoms with van der Waals surface area (Å²) in [6.45, 7) is 10.1. The summed E-state index contributed by atoms with van der Waals surface area (Å²) in [4.78, 5) is 42.6. The number of unbranched alkanes of at least 4 members (excludes halogenated alkanes) is 1. The maximum absolute atomic E-state index is 13.9. The molecule has 0 radical (unpaired) electrons. The normalized spacial score (nSPS) is 34.8. The number of alkyl halides is 1. The van der Waals surface area contributed by atoms with Gasteiger partial charge in [0, 0.05) is 17.9 Å². The number of carboxylic acids is 1. The van der Waals surface area contributed by atoms with E-state index < -0.39 is 47.5 Å². The molecule has 3 aliphatic rings. The van der Waals surface area contributed by atoms with E-state index in [1.807, 2.05) is 20.8 Å². The fourth-order valence-corrected chi connectivity index (χ4v) is 6.52. The van der Waals surface area contributed by atoms with Gasteiger partial charge in [-0.3, -0.25) is 14.4 Å². The molecule has 0 aliphatic carbocycles. The second-order valence-electron chi connectivity index (χ2n) is 9.17. The molecule has 0 aromatic heterocycles. The highest BCUT2D eigenvalue weighted by Gasteiger charge is 2.77. The molecule has 3 fully saturated rings. The van der Waals surface area contributed by atoms with Crippen LogP contribution < -0.4 is 0 Å². The molecule has 7 atom stereocenters. The van der Waals surface area contributed by atoms with Gasteiger partial charge in [0.1, 0.15) is 11.6 Å². The predicted molar refractivity (Wildman–Crippen MR) is 118 cm³/mol. The fourth-order valence-electron chi connectivity index (χ4n) is 5.58. The Morgan fingerprint density at radius 1 is 1.45 bits per heavy atom. The van der Waals surface area contributed by atoms with Crippen LogP contribution in [-0.2, 0) is 19.1 Å². The number of carbonyl (C=O) groups excluding carboxylic acids is 2. The number of carboxylic acid groups (broad SMARTS) is 1. The Morgan fingerprint density at radius 2 is 2.13 bits per heavy atom. The minimum atomic E-state index is -1.22. The van der Waals surface area contributed by atoms with E-state index >= 15 is 0 Å². The third kappa shape index (κ3) is 3.72. The number of nitrogens with zero attached hydrogens (tertiary/aromatic N) is 2. The molecule has 2 N–H and O–H groups in total. The van der Waals surface area contributed by atoms with Gasteiger partial charge >= 0.3 is 5.97 Å². The van der Waals surface area contributed by atoms with Crippen LogP contribution in [0.25, 0.3) is 0 Å². The first kappa shape index (κ1) is 24.2. The van der Waals surface area contributed by atoms with Crippen LogP contribution in [0, 0.1) is 17.8 Å². The van der Waals surface area contributed by atoms with Crippen molar-refractivity contribution in [3.63, 3.8) is 0 Å². The van der Waals surface area contributed by atoms with Crippen molar-refractivity contribution in [2.75, 3.05) is 19.7 Å². The van der Waals surface area contributed by atoms with Gasteiger partial charge in [-0.15, -0.1) is 6.58 Å². The zero-order chi connectivity index (χ0) is 23.1. The number of halogens is 1. The summed E-state index contributed by atoms with van der Waals surface area (Å²) in [6, 6.07) is -1.58. The molecule has 3 aliphatic heterocycles. The Balaban J connectivity index is 2.11. The highest BCUT2D eigenvalue weighted by Crippen LogP contribution is 2.60. The van der Waals surface area contributed by atoms with E-state index in [0.29, 0.717) is 19.5 Å². The molecule has 0 saturated carbocycles. The lowest BCUT2D eigenvalue weighted by molar-refractivity contribution is -0.154. The molecule has 3 heterocycles. The molecular weight excluding hydrogens is 468 g/mol. The number of hydrogen-bond acceptors (Lipinski definition) is 5. The standard InChI is InChI=1S/C22H33BrN2O6/c1-5-7-9-24(8-6-2)20(28)18-22-10-13(23)17(31-22)15(21(29)30)16(22)19(27)25(18)14(11-26)12(3)4/h6,12-18,26H,2,5,7-11H2,1,3-4H3,(H,29,30)/t13?,14-,15+,16-,17+,18+,22-/m0/s1. The number of aliphatic hydroxyl groups excluding tert-OH is 1. The van der Waals surface area contributed by atoms with Crippen LogP contribution in [0.5, 0.6) is 0 Å². The number of fused-ring (bicyclic) bond motifs is 1. The summed E-state index contributed by atoms with van der Waals surface area (Å²) >= 11 is 3.54. The number of hydrogen-bond donors (Lipinski definition) is 2. The van der Waals surface area contributed by atoms with Gasteiger partial charge in [0.05, 0.1) is 30.6 Å². The van der Waals surface area contributed by atoms with Gasteiger partial charge in [-0.25, -0.2) is 0 Å². The Labute approximate surface area is 191 Å². The van der Waals surface area contributed by atoms with E-state index in [2.05, 4.69) is 22.5 Å². The van der Waals surface area contributed by atoms with Gasteiger partial charge in [0.15, 0.2) is 0 Å². The van der Waals surface area contributed by atoms with Gasteiger partial charge in [-0.2, -0.15) is 0 Å². The smallest absolute Gasteiger partial charge is 0.310 e. The van der Waals surface area contributed by atoms with E-state index in [9.17, 15) is 24.6 Å². The van der Waals surface area contributed by atoms with Crippen molar-refractivity contribution in [3.8, 4) is 0 Å². The second kappa shape index (κ2) is 9.19. The third-order valence-electron chi connectivity index (χ3n) is 7.00. The molecule has 2 amide bonds. The molecule has 0 aromatic carbocycles. The van der Waals surface area contributed by atoms with E-state index in [4.69, 9.17) is 4.74 Å². The Bertz CT molecular complexity index is 746. The quantitative estimate of drug-likeness (QED) is 0.348. The monoisotopic (exact) mass is 500 g/mol. The number of aliphatic hydroxyl groups is 1. The SMILES string of the molecule is C=CCN(CCCC)C(=O)[C@H]1N([C@@H](CO)C(C)C)C(=O)[C@@H]2[C@@H](C(=O)O)[C@@H]3O[C@@]21CC3Br. The number of carbonyl (C=O) groups is 3. The molecule has 3 saturated heterocycles. The van der Waals surface area contributed by atoms with Gasteiger partial charge in [-0.05, 0) is 18.8 Å². The summed E-state index contributed by atoms with van der Waals surface area (Å²) in [5, 5.41) is 20.0. The second-order valence-corrected chi connectivity index (χ2v) is 10.3. The van der Waals surface area contributed by atoms with Crippen molar-refractivity contribution in [2.24, 2.45) is 17.8 Å². The van der Waals surface area contributed by atoms with Crippen LogP contribution >= 0.6 is 15.9 Å². The summed E-state index contributed by atoms with van der Waals surface area (Å²) < 4.78 is 6.27. The molecule has 1 spiro atoms. The predicted octanol–water partition coefficient (Wildman–Crippen LogP) is 1.65. The maximum atomic E-state index is 13.9. The summed E-state index contributed by atoms with van der Waals surface area (Å²) in [5.74, 6) is -3.86. The molecule has 8 nitrogen and oxygen atoms in total. The molecule has 1 unspecified atom stereocenters. The summed E-state index contributed by atoms with van der Waals surface area (Å²) in [5.41, 5.74) is -1.22. The van der Waals surface area contributed by atoms with Crippen LogP contribution in [0.3, 0.4) is 0 Å². The molecule has 3 rings (SSSR count).